The molecule has 1 heterocycles. The van der Waals surface area contributed by atoms with Gasteiger partial charge in [0.1, 0.15) is 0 Å². The number of allylic oxidation sites excluding steroid dienone is 4. The number of fused-ring (bicyclic) bond motifs is 1. The molecule has 1 atom stereocenters. The minimum absolute atomic E-state index is 0.490. The third-order valence-electron chi connectivity index (χ3n) is 8.89. The summed E-state index contributed by atoms with van der Waals surface area (Å²) in [5, 5.41) is 0. The molecule has 2 heteroatoms. The van der Waals surface area contributed by atoms with Gasteiger partial charge < -0.3 is 0 Å². The first-order chi connectivity index (χ1) is 17.7. The van der Waals surface area contributed by atoms with Gasteiger partial charge in [0.05, 0.1) is 0 Å². The van der Waals surface area contributed by atoms with Gasteiger partial charge in [-0.25, -0.2) is 0 Å². The van der Waals surface area contributed by atoms with Crippen LogP contribution in [-0.2, 0) is 10.8 Å². The molecule has 0 nitrogen and oxygen atoms in total. The summed E-state index contributed by atoms with van der Waals surface area (Å²) in [5.74, 6) is 1.22. The molecule has 202 valence electrons. The molecular formula is C35H48I2. The van der Waals surface area contributed by atoms with Gasteiger partial charge >= 0.3 is 244 Å². The Balaban J connectivity index is 1.80. The second-order valence-electron chi connectivity index (χ2n) is 11.2. The van der Waals surface area contributed by atoms with Crippen molar-refractivity contribution in [2.75, 3.05) is 8.86 Å². The van der Waals surface area contributed by atoms with E-state index in [0.29, 0.717) is 5.92 Å². The normalized spacial score (nSPS) is 18.8. The summed E-state index contributed by atoms with van der Waals surface area (Å²) >= 11 is -2.79. The van der Waals surface area contributed by atoms with Crippen LogP contribution >= 0.6 is 39.6 Å². The molecule has 0 amide bonds. The topological polar surface area (TPSA) is 0 Å². The van der Waals surface area contributed by atoms with E-state index in [4.69, 9.17) is 6.58 Å². The maximum atomic E-state index is 4.97. The quantitative estimate of drug-likeness (QED) is 0.145. The second-order valence-corrected chi connectivity index (χ2v) is 23.0. The van der Waals surface area contributed by atoms with Crippen LogP contribution in [0.3, 0.4) is 0 Å². The zero-order valence-corrected chi connectivity index (χ0v) is 28.5. The fourth-order valence-corrected chi connectivity index (χ4v) is 18.6. The number of hydrogen-bond acceptors (Lipinski definition) is 0. The molecule has 2 aromatic carbocycles. The van der Waals surface area contributed by atoms with E-state index in [-0.39, 0.29) is 0 Å². The van der Waals surface area contributed by atoms with Crippen LogP contribution in [0.15, 0.2) is 62.3 Å². The van der Waals surface area contributed by atoms with Crippen LogP contribution in [0.5, 0.6) is 0 Å². The van der Waals surface area contributed by atoms with Crippen molar-refractivity contribution in [1.29, 1.82) is 0 Å². The van der Waals surface area contributed by atoms with Crippen LogP contribution in [0.1, 0.15) is 92.2 Å². The average molecular weight is 723 g/mol. The number of rotatable bonds is 8. The summed E-state index contributed by atoms with van der Waals surface area (Å²) in [5.41, 5.74) is 10.9. The molecule has 0 unspecified atom stereocenters. The van der Waals surface area contributed by atoms with Crippen molar-refractivity contribution in [2.24, 2.45) is 5.92 Å². The Kier molecular flexibility index (Phi) is 10.2. The van der Waals surface area contributed by atoms with Crippen LogP contribution in [0.25, 0.3) is 0 Å². The first-order valence-electron chi connectivity index (χ1n) is 14.1. The average Bonchev–Trinajstić information content (AvgIpc) is 2.91. The Labute approximate surface area is 242 Å². The van der Waals surface area contributed by atoms with Gasteiger partial charge in [-0.15, -0.1) is 0 Å². The zero-order valence-electron chi connectivity index (χ0n) is 24.2. The first kappa shape index (κ1) is 29.1. The van der Waals surface area contributed by atoms with Crippen molar-refractivity contribution < 1.29 is 0 Å². The Bertz CT molecular complexity index is 1180. The van der Waals surface area contributed by atoms with Gasteiger partial charge in [0.2, 0.25) is 0 Å². The van der Waals surface area contributed by atoms with E-state index in [1.54, 1.807) is 29.4 Å². The van der Waals surface area contributed by atoms with Crippen LogP contribution in [0, 0.1) is 30.3 Å². The van der Waals surface area contributed by atoms with Crippen molar-refractivity contribution in [3.05, 3.63) is 99.2 Å². The molecule has 0 spiro atoms. The number of halogens is 2. The molecule has 1 fully saturated rings. The Morgan fingerprint density at radius 1 is 1.03 bits per heavy atom. The minimum atomic E-state index is -1.71. The molecule has 1 aliphatic carbocycles. The van der Waals surface area contributed by atoms with Crippen molar-refractivity contribution in [1.82, 2.24) is 0 Å². The number of aryl methyl sites for hydroxylation is 2. The van der Waals surface area contributed by atoms with Gasteiger partial charge in [-0.2, -0.15) is 0 Å². The molecule has 0 N–H and O–H groups in total. The molecule has 1 aliphatic heterocycles. The van der Waals surface area contributed by atoms with Crippen LogP contribution in [0.4, 0.5) is 0 Å². The number of alkyl halides is 3. The third kappa shape index (κ3) is 6.48. The molecule has 1 saturated carbocycles. The van der Waals surface area contributed by atoms with Crippen LogP contribution in [0.2, 0.25) is 0 Å². The molecule has 0 bridgehead atoms. The maximum absolute atomic E-state index is 4.97. The fraction of sp³-hybridized carbons (Fsp3) is 0.486. The number of hydrogen-bond donors (Lipinski definition) is 0. The SMILES string of the molecule is C=C(C)I1CCc2ccc(I(C[C@@H](/C(C)=C/C)c3cccc(C)c3C)C(=C)C3CCCCC3)c(C)c2C1. The van der Waals surface area contributed by atoms with Gasteiger partial charge in [0, 0.05) is 0 Å². The van der Waals surface area contributed by atoms with E-state index in [9.17, 15) is 0 Å². The van der Waals surface area contributed by atoms with E-state index in [2.05, 4.69) is 84.5 Å². The van der Waals surface area contributed by atoms with Crippen LogP contribution in [-0.4, -0.2) is 8.86 Å². The summed E-state index contributed by atoms with van der Waals surface area (Å²) in [6.45, 7) is 23.4. The Morgan fingerprint density at radius 3 is 2.43 bits per heavy atom. The predicted molar refractivity (Wildman–Crippen MR) is 184 cm³/mol. The summed E-state index contributed by atoms with van der Waals surface area (Å²) < 4.78 is 8.93. The molecule has 4 rings (SSSR count). The first-order valence-corrected chi connectivity index (χ1v) is 22.0. The molecule has 0 aromatic heterocycles. The molecule has 2 aromatic rings. The van der Waals surface area contributed by atoms with Crippen molar-refractivity contribution >= 4 is 39.6 Å². The van der Waals surface area contributed by atoms with Gasteiger partial charge in [0.25, 0.3) is 0 Å². The Morgan fingerprint density at radius 2 is 1.76 bits per heavy atom. The molecular weight excluding hydrogens is 674 g/mol. The molecule has 0 radical (unpaired) electrons. The van der Waals surface area contributed by atoms with Crippen molar-refractivity contribution in [2.45, 2.75) is 90.4 Å². The molecule has 37 heavy (non-hydrogen) atoms. The van der Waals surface area contributed by atoms with Gasteiger partial charge in [-0.1, -0.05) is 0 Å². The fourth-order valence-electron chi connectivity index (χ4n) is 6.04. The molecule has 2 aliphatic rings. The van der Waals surface area contributed by atoms with Gasteiger partial charge in [0.15, 0.2) is 0 Å². The van der Waals surface area contributed by atoms with E-state index < -0.39 is 39.6 Å². The summed E-state index contributed by atoms with van der Waals surface area (Å²) in [7, 11) is 0. The van der Waals surface area contributed by atoms with E-state index in [0.717, 1.165) is 5.92 Å². The summed E-state index contributed by atoms with van der Waals surface area (Å²) in [6.07, 6.45) is 10.5. The van der Waals surface area contributed by atoms with Crippen LogP contribution < -0.4 is 0 Å². The van der Waals surface area contributed by atoms with E-state index >= 15 is 0 Å². The summed E-state index contributed by atoms with van der Waals surface area (Å²) in [4.78, 5) is 0. The number of benzene rings is 2. The van der Waals surface area contributed by atoms with E-state index in [1.165, 1.54) is 72.1 Å². The monoisotopic (exact) mass is 722 g/mol. The zero-order chi connectivity index (χ0) is 26.7. The van der Waals surface area contributed by atoms with Gasteiger partial charge in [-0.3, -0.25) is 0 Å². The van der Waals surface area contributed by atoms with E-state index in [1.807, 2.05) is 0 Å². The van der Waals surface area contributed by atoms with Crippen molar-refractivity contribution in [3.63, 3.8) is 0 Å². The standard InChI is InChI=1S/C35H48I2/c1-9-25(4)33(32-17-13-14-26(5)27(32)6)23-37(29(8)30-15-11-10-12-16-30)35-19-18-31-20-21-36(24(2)3)22-34(31)28(35)7/h9,13-14,17-19,30,33H,2,8,10-12,15-16,20-23H2,1,3-7H3/b25-9+/t33-/m0/s1. The third-order valence-corrected chi connectivity index (χ3v) is 21.9. The summed E-state index contributed by atoms with van der Waals surface area (Å²) in [6, 6.07) is 12.0. The second kappa shape index (κ2) is 13.0. The van der Waals surface area contributed by atoms with Gasteiger partial charge in [-0.05, 0) is 0 Å². The van der Waals surface area contributed by atoms with Crippen molar-refractivity contribution in [3.8, 4) is 0 Å². The Hall–Kier alpha value is -0.880. The molecule has 0 saturated heterocycles. The predicted octanol–water partition coefficient (Wildman–Crippen LogP) is 11.2.